The maximum atomic E-state index is 12.6. The Morgan fingerprint density at radius 1 is 1.21 bits per heavy atom. The molecule has 0 aliphatic rings. The monoisotopic (exact) mass is 286 g/mol. The minimum Gasteiger partial charge on any atom is -0.397 e. The van der Waals surface area contributed by atoms with Gasteiger partial charge in [-0.15, -0.1) is 10.2 Å². The highest BCUT2D eigenvalue weighted by atomic mass is 32.1. The first-order valence-corrected chi connectivity index (χ1v) is 5.77. The van der Waals surface area contributed by atoms with Crippen LogP contribution >= 0.6 is 11.3 Å². The summed E-state index contributed by atoms with van der Waals surface area (Å²) in [6, 6.07) is 1.58. The third kappa shape index (κ3) is 1.99. The number of anilines is 1. The van der Waals surface area contributed by atoms with E-state index in [1.54, 1.807) is 6.07 Å². The Hall–Kier alpha value is -2.23. The van der Waals surface area contributed by atoms with E-state index in [0.717, 1.165) is 11.3 Å². The second-order valence-corrected chi connectivity index (χ2v) is 4.59. The minimum atomic E-state index is -4.60. The summed E-state index contributed by atoms with van der Waals surface area (Å²) < 4.78 is 38.6. The van der Waals surface area contributed by atoms with Crippen molar-refractivity contribution in [2.45, 2.75) is 6.18 Å². The second kappa shape index (κ2) is 3.88. The van der Waals surface area contributed by atoms with E-state index >= 15 is 0 Å². The molecular weight excluding hydrogens is 281 g/mol. The Labute approximate surface area is 107 Å². The van der Waals surface area contributed by atoms with E-state index in [0.29, 0.717) is 20.8 Å². The lowest BCUT2D eigenvalue weighted by molar-refractivity contribution is -0.146. The summed E-state index contributed by atoms with van der Waals surface area (Å²) in [6.45, 7) is 0. The number of rotatable bonds is 1. The highest BCUT2D eigenvalue weighted by Gasteiger charge is 2.38. The molecule has 3 aromatic rings. The number of alkyl halides is 3. The average Bonchev–Trinajstić information content (AvgIpc) is 2.85. The van der Waals surface area contributed by atoms with Crippen molar-refractivity contribution in [3.05, 3.63) is 24.3 Å². The molecular formula is C9H5F3N6S. The Morgan fingerprint density at radius 3 is 2.68 bits per heavy atom. The van der Waals surface area contributed by atoms with Crippen molar-refractivity contribution >= 4 is 22.0 Å². The Kier molecular flexibility index (Phi) is 2.42. The molecule has 0 amide bonds. The van der Waals surface area contributed by atoms with Gasteiger partial charge < -0.3 is 5.73 Å². The van der Waals surface area contributed by atoms with Gasteiger partial charge in [-0.1, -0.05) is 11.3 Å². The summed E-state index contributed by atoms with van der Waals surface area (Å²) in [5.74, 6) is -1.15. The van der Waals surface area contributed by atoms with Crippen LogP contribution in [0, 0.1) is 0 Å². The quantitative estimate of drug-likeness (QED) is 0.738. The number of nitrogens with zero attached hydrogens (tertiary/aromatic N) is 5. The molecule has 3 aromatic heterocycles. The van der Waals surface area contributed by atoms with E-state index in [4.69, 9.17) is 5.73 Å². The van der Waals surface area contributed by atoms with Crippen LogP contribution in [0.25, 0.3) is 15.5 Å². The molecule has 19 heavy (non-hydrogen) atoms. The molecule has 0 aliphatic carbocycles. The Bertz CT molecular complexity index is 746. The summed E-state index contributed by atoms with van der Waals surface area (Å²) in [6.07, 6.45) is -1.70. The third-order valence-corrected chi connectivity index (χ3v) is 3.20. The molecule has 98 valence electrons. The molecule has 0 fully saturated rings. The van der Waals surface area contributed by atoms with Gasteiger partial charge in [0.25, 0.3) is 5.82 Å². The third-order valence-electron chi connectivity index (χ3n) is 2.25. The fraction of sp³-hybridized carbons (Fsp3) is 0.111. The van der Waals surface area contributed by atoms with E-state index in [9.17, 15) is 13.2 Å². The lowest BCUT2D eigenvalue weighted by atomic mass is 10.3. The largest absolute Gasteiger partial charge is 0.453 e. The van der Waals surface area contributed by atoms with Crippen molar-refractivity contribution in [2.75, 3.05) is 5.73 Å². The zero-order chi connectivity index (χ0) is 13.6. The van der Waals surface area contributed by atoms with E-state index in [2.05, 4.69) is 20.3 Å². The van der Waals surface area contributed by atoms with E-state index < -0.39 is 12.0 Å². The highest BCUT2D eigenvalue weighted by molar-refractivity contribution is 7.19. The van der Waals surface area contributed by atoms with Crippen LogP contribution in [0.1, 0.15) is 5.82 Å². The minimum absolute atomic E-state index is 0.0600. The number of pyridine rings is 1. The first-order chi connectivity index (χ1) is 8.95. The zero-order valence-corrected chi connectivity index (χ0v) is 9.90. The van der Waals surface area contributed by atoms with Crippen LogP contribution in [0.3, 0.4) is 0 Å². The van der Waals surface area contributed by atoms with Crippen LogP contribution in [-0.4, -0.2) is 24.8 Å². The van der Waals surface area contributed by atoms with Crippen molar-refractivity contribution in [1.29, 1.82) is 0 Å². The standard InChI is InChI=1S/C9H5F3N6S/c10-9(11,12)7-15-16-8-18(7)17-6(19-8)4-1-5(13)3-14-2-4/h1-3H,13H2. The molecule has 3 heterocycles. The van der Waals surface area contributed by atoms with Gasteiger partial charge in [0, 0.05) is 18.0 Å². The lowest BCUT2D eigenvalue weighted by Crippen LogP contribution is -2.11. The van der Waals surface area contributed by atoms with Crippen molar-refractivity contribution in [3.63, 3.8) is 0 Å². The smallest absolute Gasteiger partial charge is 0.397 e. The Morgan fingerprint density at radius 2 is 2.00 bits per heavy atom. The predicted molar refractivity (Wildman–Crippen MR) is 61.3 cm³/mol. The number of nitrogens with two attached hydrogens (primary N) is 1. The van der Waals surface area contributed by atoms with E-state index in [-0.39, 0.29) is 4.96 Å². The molecule has 0 unspecified atom stereocenters. The average molecular weight is 286 g/mol. The molecule has 0 spiro atoms. The molecule has 10 heteroatoms. The van der Waals surface area contributed by atoms with Crippen LogP contribution in [0.4, 0.5) is 18.9 Å². The van der Waals surface area contributed by atoms with E-state index in [1.807, 2.05) is 0 Å². The van der Waals surface area contributed by atoms with Crippen LogP contribution in [0.5, 0.6) is 0 Å². The first kappa shape index (κ1) is 11.8. The Balaban J connectivity index is 2.15. The van der Waals surface area contributed by atoms with Crippen LogP contribution in [0.15, 0.2) is 18.5 Å². The van der Waals surface area contributed by atoms with Gasteiger partial charge in [0.15, 0.2) is 0 Å². The van der Waals surface area contributed by atoms with Crippen LogP contribution in [-0.2, 0) is 6.18 Å². The summed E-state index contributed by atoms with van der Waals surface area (Å²) in [5, 5.41) is 10.7. The summed E-state index contributed by atoms with van der Waals surface area (Å²) >= 11 is 0.979. The van der Waals surface area contributed by atoms with Gasteiger partial charge in [-0.2, -0.15) is 22.8 Å². The molecule has 0 bridgehead atoms. The van der Waals surface area contributed by atoms with Crippen molar-refractivity contribution < 1.29 is 13.2 Å². The molecule has 0 aliphatic heterocycles. The van der Waals surface area contributed by atoms with Crippen molar-refractivity contribution in [3.8, 4) is 10.6 Å². The van der Waals surface area contributed by atoms with Gasteiger partial charge in [-0.05, 0) is 6.07 Å². The highest BCUT2D eigenvalue weighted by Crippen LogP contribution is 2.31. The molecule has 2 N–H and O–H groups in total. The van der Waals surface area contributed by atoms with Crippen molar-refractivity contribution in [1.82, 2.24) is 24.8 Å². The van der Waals surface area contributed by atoms with Gasteiger partial charge in [0.2, 0.25) is 4.96 Å². The van der Waals surface area contributed by atoms with Gasteiger partial charge in [0.1, 0.15) is 5.01 Å². The van der Waals surface area contributed by atoms with Gasteiger partial charge in [0.05, 0.1) is 5.69 Å². The first-order valence-electron chi connectivity index (χ1n) is 4.95. The van der Waals surface area contributed by atoms with Crippen LogP contribution in [0.2, 0.25) is 0 Å². The summed E-state index contributed by atoms with van der Waals surface area (Å²) in [7, 11) is 0. The van der Waals surface area contributed by atoms with E-state index in [1.165, 1.54) is 12.4 Å². The number of aromatic nitrogens is 5. The normalized spacial score (nSPS) is 12.2. The van der Waals surface area contributed by atoms with Gasteiger partial charge in [-0.3, -0.25) is 4.98 Å². The number of fused-ring (bicyclic) bond motifs is 1. The maximum absolute atomic E-state index is 12.6. The van der Waals surface area contributed by atoms with Gasteiger partial charge >= 0.3 is 6.18 Å². The fourth-order valence-corrected chi connectivity index (χ4v) is 2.31. The SMILES string of the molecule is Nc1cncc(-c2nn3c(C(F)(F)F)nnc3s2)c1. The predicted octanol–water partition coefficient (Wildman–Crippen LogP) is 1.85. The summed E-state index contributed by atoms with van der Waals surface area (Å²) in [4.78, 5) is 3.92. The van der Waals surface area contributed by atoms with Crippen LogP contribution < -0.4 is 5.73 Å². The topological polar surface area (TPSA) is 82.0 Å². The lowest BCUT2D eigenvalue weighted by Gasteiger charge is -2.00. The van der Waals surface area contributed by atoms with Crippen molar-refractivity contribution in [2.24, 2.45) is 0 Å². The maximum Gasteiger partial charge on any atom is 0.453 e. The molecule has 0 atom stereocenters. The molecule has 3 rings (SSSR count). The number of hydrogen-bond acceptors (Lipinski definition) is 6. The number of nitrogen functional groups attached to an aromatic ring is 1. The molecule has 0 aromatic carbocycles. The molecule has 0 radical (unpaired) electrons. The number of hydrogen-bond donors (Lipinski definition) is 1. The molecule has 0 saturated heterocycles. The summed E-state index contributed by atoms with van der Waals surface area (Å²) in [5.41, 5.74) is 6.50. The number of halogens is 3. The molecule has 0 saturated carbocycles. The molecule has 6 nitrogen and oxygen atoms in total. The zero-order valence-electron chi connectivity index (χ0n) is 9.09. The second-order valence-electron chi connectivity index (χ2n) is 3.63. The fourth-order valence-electron chi connectivity index (χ4n) is 1.49. The van der Waals surface area contributed by atoms with Gasteiger partial charge in [-0.25, -0.2) is 0 Å².